The van der Waals surface area contributed by atoms with Crippen molar-refractivity contribution < 1.29 is 14.0 Å². The second kappa shape index (κ2) is 8.91. The molecule has 23 heavy (non-hydrogen) atoms. The number of carbonyl (C=O) groups is 2. The third-order valence-corrected chi connectivity index (χ3v) is 5.02. The van der Waals surface area contributed by atoms with Crippen LogP contribution >= 0.6 is 11.8 Å². The zero-order valence-electron chi connectivity index (χ0n) is 13.4. The Labute approximate surface area is 140 Å². The van der Waals surface area contributed by atoms with Crippen LogP contribution in [0.25, 0.3) is 0 Å². The van der Waals surface area contributed by atoms with E-state index >= 15 is 0 Å². The van der Waals surface area contributed by atoms with Crippen molar-refractivity contribution >= 4 is 29.3 Å². The van der Waals surface area contributed by atoms with Gasteiger partial charge in [0.05, 0.1) is 11.5 Å². The minimum Gasteiger partial charge on any atom is -0.342 e. The van der Waals surface area contributed by atoms with Crippen molar-refractivity contribution in [2.24, 2.45) is 0 Å². The summed E-state index contributed by atoms with van der Waals surface area (Å²) in [5.41, 5.74) is 0.558. The highest BCUT2D eigenvalue weighted by atomic mass is 32.2. The molecule has 126 valence electrons. The fourth-order valence-corrected chi connectivity index (χ4v) is 3.47. The average molecular weight is 338 g/mol. The first-order valence-corrected chi connectivity index (χ1v) is 9.10. The predicted octanol–water partition coefficient (Wildman–Crippen LogP) is 3.29. The van der Waals surface area contributed by atoms with E-state index in [-0.39, 0.29) is 23.4 Å². The maximum atomic E-state index is 12.8. The summed E-state index contributed by atoms with van der Waals surface area (Å²) in [5, 5.41) is 2.68. The first-order chi connectivity index (χ1) is 11.1. The molecule has 6 heteroatoms. The zero-order chi connectivity index (χ0) is 16.7. The molecule has 0 unspecified atom stereocenters. The molecule has 4 nitrogen and oxygen atoms in total. The van der Waals surface area contributed by atoms with Gasteiger partial charge in [0.2, 0.25) is 11.8 Å². The molecule has 1 fully saturated rings. The van der Waals surface area contributed by atoms with Gasteiger partial charge < -0.3 is 10.2 Å². The Balaban J connectivity index is 1.68. The van der Waals surface area contributed by atoms with Crippen molar-refractivity contribution in [3.63, 3.8) is 0 Å². The first-order valence-electron chi connectivity index (χ1n) is 7.95. The monoisotopic (exact) mass is 338 g/mol. The summed E-state index contributed by atoms with van der Waals surface area (Å²) >= 11 is 1.31. The Kier molecular flexibility index (Phi) is 6.89. The SMILES string of the molecule is CN(C(=O)CSCC(=O)Nc1ccc(F)cc1)C1CCCCC1. The molecule has 0 aliphatic heterocycles. The third kappa shape index (κ3) is 5.86. The summed E-state index contributed by atoms with van der Waals surface area (Å²) in [4.78, 5) is 25.8. The summed E-state index contributed by atoms with van der Waals surface area (Å²) in [7, 11) is 1.86. The van der Waals surface area contributed by atoms with E-state index in [4.69, 9.17) is 0 Å². The van der Waals surface area contributed by atoms with Crippen LogP contribution in [0.2, 0.25) is 0 Å². The van der Waals surface area contributed by atoms with Crippen LogP contribution in [0.15, 0.2) is 24.3 Å². The minimum absolute atomic E-state index is 0.0801. The standard InChI is InChI=1S/C17H23FN2O2S/c1-20(15-5-3-2-4-6-15)17(22)12-23-11-16(21)19-14-9-7-13(18)8-10-14/h7-10,15H,2-6,11-12H2,1H3,(H,19,21). The van der Waals surface area contributed by atoms with Crippen molar-refractivity contribution in [1.82, 2.24) is 4.90 Å². The maximum Gasteiger partial charge on any atom is 0.234 e. The number of halogens is 1. The number of thioether (sulfide) groups is 1. The van der Waals surface area contributed by atoms with E-state index in [1.54, 1.807) is 0 Å². The highest BCUT2D eigenvalue weighted by Crippen LogP contribution is 2.22. The van der Waals surface area contributed by atoms with Gasteiger partial charge in [0.15, 0.2) is 0 Å². The highest BCUT2D eigenvalue weighted by Gasteiger charge is 2.21. The summed E-state index contributed by atoms with van der Waals surface area (Å²) in [5.74, 6) is 0.0748. The Bertz CT molecular complexity index is 530. The molecule has 1 aromatic rings. The number of nitrogens with one attached hydrogen (secondary N) is 1. The molecule has 1 aliphatic rings. The van der Waals surface area contributed by atoms with Gasteiger partial charge in [0, 0.05) is 18.8 Å². The predicted molar refractivity (Wildman–Crippen MR) is 92.0 cm³/mol. The zero-order valence-corrected chi connectivity index (χ0v) is 14.2. The van der Waals surface area contributed by atoms with E-state index in [1.165, 1.54) is 55.3 Å². The van der Waals surface area contributed by atoms with Gasteiger partial charge >= 0.3 is 0 Å². The summed E-state index contributed by atoms with van der Waals surface area (Å²) in [6.45, 7) is 0. The number of amides is 2. The Hall–Kier alpha value is -1.56. The molecule has 1 N–H and O–H groups in total. The number of anilines is 1. The van der Waals surface area contributed by atoms with Gasteiger partial charge in [-0.2, -0.15) is 0 Å². The lowest BCUT2D eigenvalue weighted by molar-refractivity contribution is -0.129. The van der Waals surface area contributed by atoms with Crippen molar-refractivity contribution in [3.8, 4) is 0 Å². The second-order valence-electron chi connectivity index (χ2n) is 5.84. The lowest BCUT2D eigenvalue weighted by Gasteiger charge is -2.31. The van der Waals surface area contributed by atoms with Crippen LogP contribution in [0.1, 0.15) is 32.1 Å². The quantitative estimate of drug-likeness (QED) is 0.866. The Morgan fingerprint density at radius 2 is 1.83 bits per heavy atom. The van der Waals surface area contributed by atoms with Gasteiger partial charge in [0.25, 0.3) is 0 Å². The van der Waals surface area contributed by atoms with Gasteiger partial charge in [-0.1, -0.05) is 19.3 Å². The first kappa shape index (κ1) is 17.8. The van der Waals surface area contributed by atoms with Crippen molar-refractivity contribution in [3.05, 3.63) is 30.1 Å². The van der Waals surface area contributed by atoms with E-state index in [0.717, 1.165) is 12.8 Å². The molecule has 0 aromatic heterocycles. The minimum atomic E-state index is -0.339. The fourth-order valence-electron chi connectivity index (χ4n) is 2.74. The summed E-state index contributed by atoms with van der Waals surface area (Å²) < 4.78 is 12.8. The third-order valence-electron chi connectivity index (χ3n) is 4.10. The van der Waals surface area contributed by atoms with Crippen molar-refractivity contribution in [2.75, 3.05) is 23.9 Å². The number of hydrogen-bond donors (Lipinski definition) is 1. The molecule has 1 saturated carbocycles. The topological polar surface area (TPSA) is 49.4 Å². The number of benzene rings is 1. The van der Waals surface area contributed by atoms with E-state index in [2.05, 4.69) is 5.32 Å². The Morgan fingerprint density at radius 3 is 2.48 bits per heavy atom. The number of rotatable bonds is 6. The molecule has 2 rings (SSSR count). The fraction of sp³-hybridized carbons (Fsp3) is 0.529. The Morgan fingerprint density at radius 1 is 1.17 bits per heavy atom. The van der Waals surface area contributed by atoms with Crippen LogP contribution < -0.4 is 5.32 Å². The molecule has 0 bridgehead atoms. The molecule has 0 heterocycles. The van der Waals surface area contributed by atoms with Crippen LogP contribution in [-0.2, 0) is 9.59 Å². The molecule has 0 radical (unpaired) electrons. The lowest BCUT2D eigenvalue weighted by Crippen LogP contribution is -2.39. The van der Waals surface area contributed by atoms with Gasteiger partial charge in [-0.15, -0.1) is 11.8 Å². The second-order valence-corrected chi connectivity index (χ2v) is 6.83. The number of carbonyl (C=O) groups excluding carboxylic acids is 2. The highest BCUT2D eigenvalue weighted by molar-refractivity contribution is 8.00. The molecule has 0 saturated heterocycles. The molecule has 2 amide bonds. The van der Waals surface area contributed by atoms with Crippen LogP contribution in [0.3, 0.4) is 0 Å². The van der Waals surface area contributed by atoms with Crippen LogP contribution in [-0.4, -0.2) is 41.3 Å². The largest absolute Gasteiger partial charge is 0.342 e. The van der Waals surface area contributed by atoms with Crippen LogP contribution in [0.5, 0.6) is 0 Å². The average Bonchev–Trinajstić information content (AvgIpc) is 2.57. The molecular formula is C17H23FN2O2S. The molecule has 0 spiro atoms. The van der Waals surface area contributed by atoms with Crippen molar-refractivity contribution in [2.45, 2.75) is 38.1 Å². The van der Waals surface area contributed by atoms with Crippen LogP contribution in [0, 0.1) is 5.82 Å². The molecule has 0 atom stereocenters. The van der Waals surface area contributed by atoms with E-state index in [9.17, 15) is 14.0 Å². The van der Waals surface area contributed by atoms with E-state index in [1.807, 2.05) is 11.9 Å². The molecular weight excluding hydrogens is 315 g/mol. The van der Waals surface area contributed by atoms with E-state index in [0.29, 0.717) is 17.5 Å². The smallest absolute Gasteiger partial charge is 0.234 e. The lowest BCUT2D eigenvalue weighted by atomic mass is 9.94. The maximum absolute atomic E-state index is 12.8. The number of hydrogen-bond acceptors (Lipinski definition) is 3. The van der Waals surface area contributed by atoms with Gasteiger partial charge in [-0.25, -0.2) is 4.39 Å². The van der Waals surface area contributed by atoms with Gasteiger partial charge in [-0.3, -0.25) is 9.59 Å². The number of nitrogens with zero attached hydrogens (tertiary/aromatic N) is 1. The van der Waals surface area contributed by atoms with Gasteiger partial charge in [-0.05, 0) is 37.1 Å². The van der Waals surface area contributed by atoms with Gasteiger partial charge in [0.1, 0.15) is 5.82 Å². The normalized spacial score (nSPS) is 15.2. The van der Waals surface area contributed by atoms with Crippen molar-refractivity contribution in [1.29, 1.82) is 0 Å². The summed E-state index contributed by atoms with van der Waals surface area (Å²) in [6, 6.07) is 5.97. The summed E-state index contributed by atoms with van der Waals surface area (Å²) in [6.07, 6.45) is 5.80. The van der Waals surface area contributed by atoms with E-state index < -0.39 is 0 Å². The van der Waals surface area contributed by atoms with Crippen LogP contribution in [0.4, 0.5) is 10.1 Å². The molecule has 1 aliphatic carbocycles. The molecule has 1 aromatic carbocycles.